The Bertz CT molecular complexity index is 775. The van der Waals surface area contributed by atoms with Crippen LogP contribution in [0.2, 0.25) is 0 Å². The maximum absolute atomic E-state index is 13.0. The summed E-state index contributed by atoms with van der Waals surface area (Å²) < 4.78 is 13.9. The van der Waals surface area contributed by atoms with Crippen molar-refractivity contribution in [3.8, 4) is 0 Å². The molecule has 0 saturated heterocycles. The SMILES string of the molecule is O=C(NCC(=O)N(Cc1ccc(F)cc1)C1CC1)c1ccccc1I. The highest BCUT2D eigenvalue weighted by atomic mass is 127. The van der Waals surface area contributed by atoms with Gasteiger partial charge in [-0.15, -0.1) is 0 Å². The molecule has 130 valence electrons. The van der Waals surface area contributed by atoms with E-state index in [4.69, 9.17) is 0 Å². The van der Waals surface area contributed by atoms with Crippen molar-refractivity contribution in [2.45, 2.75) is 25.4 Å². The standard InChI is InChI=1S/C19H18FIN2O2/c20-14-7-5-13(6-8-14)12-23(15-9-10-15)18(24)11-22-19(25)16-3-1-2-4-17(16)21/h1-8,15H,9-12H2,(H,22,25). The van der Waals surface area contributed by atoms with Crippen LogP contribution in [-0.4, -0.2) is 29.3 Å². The molecule has 0 bridgehead atoms. The second-order valence-electron chi connectivity index (χ2n) is 6.04. The molecule has 0 aliphatic heterocycles. The van der Waals surface area contributed by atoms with Gasteiger partial charge < -0.3 is 10.2 Å². The van der Waals surface area contributed by atoms with Crippen LogP contribution >= 0.6 is 22.6 Å². The lowest BCUT2D eigenvalue weighted by Gasteiger charge is -2.23. The molecule has 1 saturated carbocycles. The molecule has 2 aromatic rings. The van der Waals surface area contributed by atoms with Crippen molar-refractivity contribution in [1.82, 2.24) is 10.2 Å². The summed E-state index contributed by atoms with van der Waals surface area (Å²) in [6.45, 7) is 0.393. The van der Waals surface area contributed by atoms with Crippen molar-refractivity contribution < 1.29 is 14.0 Å². The van der Waals surface area contributed by atoms with Crippen molar-refractivity contribution in [1.29, 1.82) is 0 Å². The number of amides is 2. The Morgan fingerprint density at radius 3 is 2.44 bits per heavy atom. The van der Waals surface area contributed by atoms with Crippen molar-refractivity contribution in [2.24, 2.45) is 0 Å². The van der Waals surface area contributed by atoms with Gasteiger partial charge in [0.05, 0.1) is 12.1 Å². The van der Waals surface area contributed by atoms with Gasteiger partial charge in [0.15, 0.2) is 0 Å². The molecule has 6 heteroatoms. The summed E-state index contributed by atoms with van der Waals surface area (Å²) in [4.78, 5) is 26.6. The highest BCUT2D eigenvalue weighted by Gasteiger charge is 2.32. The van der Waals surface area contributed by atoms with Crippen molar-refractivity contribution in [2.75, 3.05) is 6.54 Å². The van der Waals surface area contributed by atoms with E-state index in [0.29, 0.717) is 12.1 Å². The van der Waals surface area contributed by atoms with Crippen LogP contribution < -0.4 is 5.32 Å². The average molecular weight is 452 g/mol. The summed E-state index contributed by atoms with van der Waals surface area (Å²) in [5.41, 5.74) is 1.44. The lowest BCUT2D eigenvalue weighted by Crippen LogP contribution is -2.41. The minimum atomic E-state index is -0.294. The maximum atomic E-state index is 13.0. The number of benzene rings is 2. The number of carbonyl (C=O) groups excluding carboxylic acids is 2. The van der Waals surface area contributed by atoms with E-state index in [1.165, 1.54) is 12.1 Å². The van der Waals surface area contributed by atoms with Gasteiger partial charge in [-0.05, 0) is 65.3 Å². The number of hydrogen-bond donors (Lipinski definition) is 1. The van der Waals surface area contributed by atoms with Gasteiger partial charge in [0.25, 0.3) is 5.91 Å². The fraction of sp³-hybridized carbons (Fsp3) is 0.263. The molecule has 1 N–H and O–H groups in total. The molecule has 0 atom stereocenters. The van der Waals surface area contributed by atoms with Gasteiger partial charge in [-0.3, -0.25) is 9.59 Å². The first-order chi connectivity index (χ1) is 12.0. The first-order valence-electron chi connectivity index (χ1n) is 8.11. The summed E-state index contributed by atoms with van der Waals surface area (Å²) in [5, 5.41) is 2.70. The molecule has 0 heterocycles. The molecule has 1 aliphatic rings. The second-order valence-corrected chi connectivity index (χ2v) is 7.20. The van der Waals surface area contributed by atoms with Gasteiger partial charge in [-0.1, -0.05) is 24.3 Å². The van der Waals surface area contributed by atoms with Crippen molar-refractivity contribution >= 4 is 34.4 Å². The van der Waals surface area contributed by atoms with Gasteiger partial charge in [-0.2, -0.15) is 0 Å². The van der Waals surface area contributed by atoms with Gasteiger partial charge >= 0.3 is 0 Å². The maximum Gasteiger partial charge on any atom is 0.252 e. The highest BCUT2D eigenvalue weighted by Crippen LogP contribution is 2.28. The predicted octanol–water partition coefficient (Wildman–Crippen LogP) is 3.35. The molecular weight excluding hydrogens is 434 g/mol. The molecule has 0 aromatic heterocycles. The summed E-state index contributed by atoms with van der Waals surface area (Å²) in [5.74, 6) is -0.667. The zero-order valence-electron chi connectivity index (χ0n) is 13.5. The number of nitrogens with zero attached hydrogens (tertiary/aromatic N) is 1. The van der Waals surface area contributed by atoms with Crippen LogP contribution in [0.15, 0.2) is 48.5 Å². The lowest BCUT2D eigenvalue weighted by atomic mass is 10.2. The first-order valence-corrected chi connectivity index (χ1v) is 9.19. The van der Waals surface area contributed by atoms with Crippen LogP contribution in [0.3, 0.4) is 0 Å². The molecule has 2 amide bonds. The van der Waals surface area contributed by atoms with Crippen LogP contribution in [0, 0.1) is 9.39 Å². The predicted molar refractivity (Wildman–Crippen MR) is 101 cm³/mol. The first kappa shape index (κ1) is 17.8. The van der Waals surface area contributed by atoms with E-state index >= 15 is 0 Å². The molecule has 25 heavy (non-hydrogen) atoms. The van der Waals surface area contributed by atoms with E-state index in [9.17, 15) is 14.0 Å². The van der Waals surface area contributed by atoms with Crippen molar-refractivity contribution in [3.63, 3.8) is 0 Å². The smallest absolute Gasteiger partial charge is 0.252 e. The Hall–Kier alpha value is -1.96. The topological polar surface area (TPSA) is 49.4 Å². The Morgan fingerprint density at radius 1 is 1.12 bits per heavy atom. The molecule has 3 rings (SSSR count). The van der Waals surface area contributed by atoms with Crippen LogP contribution in [0.25, 0.3) is 0 Å². The Morgan fingerprint density at radius 2 is 1.80 bits per heavy atom. The summed E-state index contributed by atoms with van der Waals surface area (Å²) >= 11 is 2.10. The minimum Gasteiger partial charge on any atom is -0.343 e. The summed E-state index contributed by atoms with van der Waals surface area (Å²) in [6, 6.07) is 13.6. The molecule has 1 fully saturated rings. The normalized spacial score (nSPS) is 13.4. The summed E-state index contributed by atoms with van der Waals surface area (Å²) in [6.07, 6.45) is 1.94. The van der Waals surface area contributed by atoms with Crippen molar-refractivity contribution in [3.05, 3.63) is 69.0 Å². The number of rotatable bonds is 6. The van der Waals surface area contributed by atoms with E-state index < -0.39 is 0 Å². The number of hydrogen-bond acceptors (Lipinski definition) is 2. The Balaban J connectivity index is 1.60. The molecule has 2 aromatic carbocycles. The fourth-order valence-corrected chi connectivity index (χ4v) is 3.22. The molecule has 4 nitrogen and oxygen atoms in total. The van der Waals surface area contributed by atoms with Gasteiger partial charge in [0.1, 0.15) is 5.82 Å². The van der Waals surface area contributed by atoms with E-state index in [2.05, 4.69) is 27.9 Å². The third-order valence-electron chi connectivity index (χ3n) is 4.09. The number of carbonyl (C=O) groups is 2. The molecule has 0 spiro atoms. The average Bonchev–Trinajstić information content (AvgIpc) is 3.44. The zero-order valence-corrected chi connectivity index (χ0v) is 15.7. The van der Waals surface area contributed by atoms with Gasteiger partial charge in [0, 0.05) is 16.2 Å². The fourth-order valence-electron chi connectivity index (χ4n) is 2.59. The van der Waals surface area contributed by atoms with Crippen LogP contribution in [-0.2, 0) is 11.3 Å². The second kappa shape index (κ2) is 7.95. The zero-order chi connectivity index (χ0) is 17.8. The van der Waals surface area contributed by atoms with Crippen LogP contribution in [0.1, 0.15) is 28.8 Å². The largest absolute Gasteiger partial charge is 0.343 e. The van der Waals surface area contributed by atoms with E-state index in [1.54, 1.807) is 29.2 Å². The molecule has 0 radical (unpaired) electrons. The minimum absolute atomic E-state index is 0.0402. The Labute approximate surface area is 159 Å². The Kier molecular flexibility index (Phi) is 5.67. The number of nitrogens with one attached hydrogen (secondary N) is 1. The van der Waals surface area contributed by atoms with Gasteiger partial charge in [-0.25, -0.2) is 4.39 Å². The monoisotopic (exact) mass is 452 g/mol. The van der Waals surface area contributed by atoms with Crippen LogP contribution in [0.5, 0.6) is 0 Å². The quantitative estimate of drug-likeness (QED) is 0.684. The molecular formula is C19H18FIN2O2. The van der Waals surface area contributed by atoms with E-state index in [-0.39, 0.29) is 30.2 Å². The molecule has 1 aliphatic carbocycles. The third-order valence-corrected chi connectivity index (χ3v) is 5.03. The highest BCUT2D eigenvalue weighted by molar-refractivity contribution is 14.1. The van der Waals surface area contributed by atoms with E-state index in [1.807, 2.05) is 12.1 Å². The number of halogens is 2. The lowest BCUT2D eigenvalue weighted by molar-refractivity contribution is -0.131. The van der Waals surface area contributed by atoms with E-state index in [0.717, 1.165) is 22.0 Å². The summed E-state index contributed by atoms with van der Waals surface area (Å²) in [7, 11) is 0. The third kappa shape index (κ3) is 4.78. The molecule has 0 unspecified atom stereocenters. The van der Waals surface area contributed by atoms with Gasteiger partial charge in [0.2, 0.25) is 5.91 Å². The van der Waals surface area contributed by atoms with Crippen LogP contribution in [0.4, 0.5) is 4.39 Å².